The predicted octanol–water partition coefficient (Wildman–Crippen LogP) is 2.41. The lowest BCUT2D eigenvalue weighted by Crippen LogP contribution is -2.06. The van der Waals surface area contributed by atoms with Crippen LogP contribution < -0.4 is 4.74 Å². The molecule has 1 unspecified atom stereocenters. The fourth-order valence-corrected chi connectivity index (χ4v) is 1.54. The highest BCUT2D eigenvalue weighted by atomic mass is 35.5. The lowest BCUT2D eigenvalue weighted by atomic mass is 10.1. The summed E-state index contributed by atoms with van der Waals surface area (Å²) in [6.45, 7) is 1.62. The van der Waals surface area contributed by atoms with Crippen LogP contribution in [0.1, 0.15) is 12.5 Å². The number of rotatable bonds is 3. The van der Waals surface area contributed by atoms with Gasteiger partial charge in [0.1, 0.15) is 0 Å². The molecule has 0 amide bonds. The SMILES string of the molecule is COc1c(F)cc(Cl)cc1CC(C)O. The van der Waals surface area contributed by atoms with E-state index in [1.165, 1.54) is 13.2 Å². The Kier molecular flexibility index (Phi) is 3.72. The fourth-order valence-electron chi connectivity index (χ4n) is 1.31. The molecule has 0 saturated carbocycles. The molecule has 1 N–H and O–H groups in total. The normalized spacial score (nSPS) is 12.6. The van der Waals surface area contributed by atoms with Gasteiger partial charge in [-0.2, -0.15) is 0 Å². The number of hydrogen-bond acceptors (Lipinski definition) is 2. The molecule has 0 aliphatic rings. The van der Waals surface area contributed by atoms with Crippen molar-refractivity contribution in [1.29, 1.82) is 0 Å². The van der Waals surface area contributed by atoms with E-state index in [2.05, 4.69) is 0 Å². The van der Waals surface area contributed by atoms with Gasteiger partial charge in [-0.1, -0.05) is 11.6 Å². The van der Waals surface area contributed by atoms with Crippen LogP contribution in [0.3, 0.4) is 0 Å². The first kappa shape index (κ1) is 11.3. The third kappa shape index (κ3) is 2.59. The summed E-state index contributed by atoms with van der Waals surface area (Å²) in [5.41, 5.74) is 0.576. The van der Waals surface area contributed by atoms with Gasteiger partial charge in [0.15, 0.2) is 11.6 Å². The molecule has 2 nitrogen and oxygen atoms in total. The molecule has 1 aromatic rings. The molecule has 0 saturated heterocycles. The summed E-state index contributed by atoms with van der Waals surface area (Å²) in [6.07, 6.45) is -0.234. The zero-order valence-corrected chi connectivity index (χ0v) is 8.81. The number of benzene rings is 1. The number of hydrogen-bond donors (Lipinski definition) is 1. The molecule has 0 bridgehead atoms. The van der Waals surface area contributed by atoms with Gasteiger partial charge >= 0.3 is 0 Å². The van der Waals surface area contributed by atoms with E-state index < -0.39 is 11.9 Å². The molecule has 0 heterocycles. The second-order valence-electron chi connectivity index (χ2n) is 3.13. The van der Waals surface area contributed by atoms with Gasteiger partial charge in [0.2, 0.25) is 0 Å². The molecule has 0 radical (unpaired) electrons. The topological polar surface area (TPSA) is 29.5 Å². The van der Waals surface area contributed by atoms with Crippen LogP contribution in [0.2, 0.25) is 5.02 Å². The van der Waals surface area contributed by atoms with Crippen LogP contribution in [-0.4, -0.2) is 18.3 Å². The van der Waals surface area contributed by atoms with Gasteiger partial charge in [0.25, 0.3) is 0 Å². The minimum Gasteiger partial charge on any atom is -0.493 e. The van der Waals surface area contributed by atoms with Gasteiger partial charge in [-0.05, 0) is 19.1 Å². The Morgan fingerprint density at radius 1 is 1.57 bits per heavy atom. The molecule has 78 valence electrons. The van der Waals surface area contributed by atoms with Crippen LogP contribution in [-0.2, 0) is 6.42 Å². The maximum absolute atomic E-state index is 13.3. The molecule has 0 aliphatic carbocycles. The summed E-state index contributed by atoms with van der Waals surface area (Å²) in [5.74, 6) is -0.356. The van der Waals surface area contributed by atoms with E-state index in [1.807, 2.05) is 0 Å². The summed E-state index contributed by atoms with van der Waals surface area (Å²) >= 11 is 5.69. The van der Waals surface area contributed by atoms with E-state index in [4.69, 9.17) is 16.3 Å². The maximum Gasteiger partial charge on any atom is 0.166 e. The first-order chi connectivity index (χ1) is 6.54. The lowest BCUT2D eigenvalue weighted by molar-refractivity contribution is 0.194. The molecule has 4 heteroatoms. The Hall–Kier alpha value is -0.800. The summed E-state index contributed by atoms with van der Waals surface area (Å²) < 4.78 is 18.2. The molecular formula is C10H12ClFO2. The zero-order valence-electron chi connectivity index (χ0n) is 8.05. The van der Waals surface area contributed by atoms with Crippen LogP contribution in [0.5, 0.6) is 5.75 Å². The van der Waals surface area contributed by atoms with E-state index in [-0.39, 0.29) is 5.75 Å². The molecule has 0 fully saturated rings. The highest BCUT2D eigenvalue weighted by Crippen LogP contribution is 2.27. The summed E-state index contributed by atoms with van der Waals surface area (Å²) in [4.78, 5) is 0. The first-order valence-electron chi connectivity index (χ1n) is 4.24. The van der Waals surface area contributed by atoms with Crippen molar-refractivity contribution in [3.63, 3.8) is 0 Å². The minimum atomic E-state index is -0.554. The van der Waals surface area contributed by atoms with Crippen molar-refractivity contribution < 1.29 is 14.2 Å². The van der Waals surface area contributed by atoms with E-state index in [0.717, 1.165) is 0 Å². The van der Waals surface area contributed by atoms with Crippen LogP contribution in [0.25, 0.3) is 0 Å². The van der Waals surface area contributed by atoms with E-state index in [9.17, 15) is 9.50 Å². The monoisotopic (exact) mass is 218 g/mol. The largest absolute Gasteiger partial charge is 0.493 e. The van der Waals surface area contributed by atoms with Gasteiger partial charge < -0.3 is 9.84 Å². The third-order valence-corrected chi connectivity index (χ3v) is 2.02. The zero-order chi connectivity index (χ0) is 10.7. The smallest absolute Gasteiger partial charge is 0.166 e. The number of halogens is 2. The van der Waals surface area contributed by atoms with E-state index in [1.54, 1.807) is 13.0 Å². The van der Waals surface area contributed by atoms with Gasteiger partial charge in [-0.15, -0.1) is 0 Å². The Bertz CT molecular complexity index is 326. The standard InChI is InChI=1S/C10H12ClFO2/c1-6(13)3-7-4-8(11)5-9(12)10(7)14-2/h4-6,13H,3H2,1-2H3. The molecule has 0 spiro atoms. The van der Waals surface area contributed by atoms with E-state index in [0.29, 0.717) is 17.0 Å². The number of methoxy groups -OCH3 is 1. The molecular weight excluding hydrogens is 207 g/mol. The average molecular weight is 219 g/mol. The van der Waals surface area contributed by atoms with Crippen LogP contribution >= 0.6 is 11.6 Å². The van der Waals surface area contributed by atoms with Crippen molar-refractivity contribution in [2.75, 3.05) is 7.11 Å². The molecule has 1 aromatic carbocycles. The highest BCUT2D eigenvalue weighted by Gasteiger charge is 2.12. The summed E-state index contributed by atoms with van der Waals surface area (Å²) in [7, 11) is 1.39. The number of ether oxygens (including phenoxy) is 1. The van der Waals surface area contributed by atoms with Crippen molar-refractivity contribution in [2.45, 2.75) is 19.4 Å². The second-order valence-corrected chi connectivity index (χ2v) is 3.57. The average Bonchev–Trinajstić information content (AvgIpc) is 2.01. The van der Waals surface area contributed by atoms with Crippen LogP contribution in [0, 0.1) is 5.82 Å². The number of aliphatic hydroxyl groups is 1. The highest BCUT2D eigenvalue weighted by molar-refractivity contribution is 6.30. The summed E-state index contributed by atoms with van der Waals surface area (Å²) in [5, 5.41) is 9.49. The van der Waals surface area contributed by atoms with Crippen molar-refractivity contribution in [3.8, 4) is 5.75 Å². The van der Waals surface area contributed by atoms with Gasteiger partial charge in [-0.3, -0.25) is 0 Å². The predicted molar refractivity (Wildman–Crippen MR) is 53.3 cm³/mol. The first-order valence-corrected chi connectivity index (χ1v) is 4.62. The Morgan fingerprint density at radius 3 is 2.71 bits per heavy atom. The minimum absolute atomic E-state index is 0.148. The van der Waals surface area contributed by atoms with Gasteiger partial charge in [-0.25, -0.2) is 4.39 Å². The molecule has 14 heavy (non-hydrogen) atoms. The van der Waals surface area contributed by atoms with Crippen molar-refractivity contribution >= 4 is 11.6 Å². The van der Waals surface area contributed by atoms with Crippen LogP contribution in [0.15, 0.2) is 12.1 Å². The van der Waals surface area contributed by atoms with Gasteiger partial charge in [0, 0.05) is 17.0 Å². The number of aliphatic hydroxyl groups excluding tert-OH is 1. The van der Waals surface area contributed by atoms with Crippen molar-refractivity contribution in [3.05, 3.63) is 28.5 Å². The third-order valence-electron chi connectivity index (χ3n) is 1.80. The molecule has 0 aliphatic heterocycles. The van der Waals surface area contributed by atoms with E-state index >= 15 is 0 Å². The van der Waals surface area contributed by atoms with Gasteiger partial charge in [0.05, 0.1) is 13.2 Å². The van der Waals surface area contributed by atoms with Crippen molar-refractivity contribution in [1.82, 2.24) is 0 Å². The van der Waals surface area contributed by atoms with Crippen LogP contribution in [0.4, 0.5) is 4.39 Å². The molecule has 0 aromatic heterocycles. The molecule has 1 rings (SSSR count). The Balaban J connectivity index is 3.11. The Morgan fingerprint density at radius 2 is 2.21 bits per heavy atom. The Labute approximate surface area is 87.3 Å². The maximum atomic E-state index is 13.3. The second kappa shape index (κ2) is 4.62. The fraction of sp³-hybridized carbons (Fsp3) is 0.400. The summed E-state index contributed by atoms with van der Waals surface area (Å²) in [6, 6.07) is 2.78. The molecule has 1 atom stereocenters. The lowest BCUT2D eigenvalue weighted by Gasteiger charge is -2.11. The van der Waals surface area contributed by atoms with Crippen molar-refractivity contribution in [2.24, 2.45) is 0 Å². The quantitative estimate of drug-likeness (QED) is 0.844.